The van der Waals surface area contributed by atoms with Gasteiger partial charge in [0.05, 0.1) is 5.52 Å². The molecule has 0 saturated heterocycles. The zero-order valence-corrected chi connectivity index (χ0v) is 21.2. The third-order valence-corrected chi connectivity index (χ3v) is 8.20. The van der Waals surface area contributed by atoms with Crippen LogP contribution in [0.25, 0.3) is 38.6 Å². The molecule has 0 bridgehead atoms. The van der Waals surface area contributed by atoms with Gasteiger partial charge >= 0.3 is 0 Å². The lowest BCUT2D eigenvalue weighted by Crippen LogP contribution is -2.58. The SMILES string of the molecule is CC(C)(C)c1ccc2c(c1)Oc1cc(-c3ccccc3)cc3c1B2c1cccc2c4ccccc4n-3c12. The van der Waals surface area contributed by atoms with E-state index in [1.165, 1.54) is 60.6 Å². The second-order valence-corrected chi connectivity index (χ2v) is 11.4. The fraction of sp³-hybridized carbons (Fsp3) is 0.118. The summed E-state index contributed by atoms with van der Waals surface area (Å²) in [6, 6.07) is 37.7. The van der Waals surface area contributed by atoms with Crippen LogP contribution >= 0.6 is 0 Å². The van der Waals surface area contributed by atoms with Crippen molar-refractivity contribution in [3.63, 3.8) is 0 Å². The molecule has 0 spiro atoms. The lowest BCUT2D eigenvalue weighted by atomic mass is 9.34. The van der Waals surface area contributed by atoms with Crippen LogP contribution in [0, 0.1) is 0 Å². The van der Waals surface area contributed by atoms with E-state index in [0.29, 0.717) is 0 Å². The fourth-order valence-electron chi connectivity index (χ4n) is 6.42. The second kappa shape index (κ2) is 7.17. The van der Waals surface area contributed by atoms with Gasteiger partial charge in [0.2, 0.25) is 0 Å². The van der Waals surface area contributed by atoms with E-state index in [2.05, 4.69) is 128 Å². The summed E-state index contributed by atoms with van der Waals surface area (Å²) in [5.74, 6) is 1.93. The molecule has 6 aromatic rings. The van der Waals surface area contributed by atoms with Crippen LogP contribution in [0.3, 0.4) is 0 Å². The van der Waals surface area contributed by atoms with Crippen LogP contribution in [-0.2, 0) is 5.41 Å². The third-order valence-electron chi connectivity index (χ3n) is 8.20. The number of ether oxygens (including phenoxy) is 1. The molecular formula is C34H26BNO. The van der Waals surface area contributed by atoms with Gasteiger partial charge in [-0.1, -0.05) is 99.6 Å². The van der Waals surface area contributed by atoms with Gasteiger partial charge in [0.25, 0.3) is 6.71 Å². The van der Waals surface area contributed by atoms with Gasteiger partial charge in [-0.05, 0) is 62.8 Å². The number of hydrogen-bond donors (Lipinski definition) is 0. The van der Waals surface area contributed by atoms with Gasteiger partial charge < -0.3 is 9.30 Å². The Morgan fingerprint density at radius 1 is 0.649 bits per heavy atom. The zero-order valence-electron chi connectivity index (χ0n) is 21.2. The minimum Gasteiger partial charge on any atom is -0.458 e. The number of hydrogen-bond acceptors (Lipinski definition) is 1. The molecule has 37 heavy (non-hydrogen) atoms. The molecule has 8 rings (SSSR count). The van der Waals surface area contributed by atoms with E-state index in [4.69, 9.17) is 4.74 Å². The van der Waals surface area contributed by atoms with Crippen molar-refractivity contribution in [3.8, 4) is 28.3 Å². The number of aromatic nitrogens is 1. The molecule has 0 aliphatic carbocycles. The van der Waals surface area contributed by atoms with Gasteiger partial charge in [0.15, 0.2) is 0 Å². The maximum absolute atomic E-state index is 6.81. The van der Waals surface area contributed by atoms with Gasteiger partial charge in [0.1, 0.15) is 11.5 Å². The lowest BCUT2D eigenvalue weighted by Gasteiger charge is -2.34. The molecule has 0 N–H and O–H groups in total. The monoisotopic (exact) mass is 475 g/mol. The highest BCUT2D eigenvalue weighted by atomic mass is 16.5. The van der Waals surface area contributed by atoms with Crippen LogP contribution in [0.15, 0.2) is 103 Å². The minimum absolute atomic E-state index is 0.0503. The molecule has 0 atom stereocenters. The number of rotatable bonds is 1. The molecule has 0 unspecified atom stereocenters. The summed E-state index contributed by atoms with van der Waals surface area (Å²) in [4.78, 5) is 0. The Kier molecular flexibility index (Phi) is 4.05. The van der Waals surface area contributed by atoms with Crippen LogP contribution in [0.1, 0.15) is 26.3 Å². The van der Waals surface area contributed by atoms with Gasteiger partial charge in [-0.2, -0.15) is 0 Å². The average molecular weight is 475 g/mol. The van der Waals surface area contributed by atoms with Crippen molar-refractivity contribution < 1.29 is 4.74 Å². The van der Waals surface area contributed by atoms with Crippen molar-refractivity contribution in [3.05, 3.63) is 109 Å². The summed E-state index contributed by atoms with van der Waals surface area (Å²) in [7, 11) is 0. The fourth-order valence-corrected chi connectivity index (χ4v) is 6.42. The molecule has 3 heteroatoms. The van der Waals surface area contributed by atoms with Gasteiger partial charge in [-0.3, -0.25) is 0 Å². The highest BCUT2D eigenvalue weighted by Gasteiger charge is 2.40. The maximum atomic E-state index is 6.81. The summed E-state index contributed by atoms with van der Waals surface area (Å²) in [5, 5.41) is 2.60. The second-order valence-electron chi connectivity index (χ2n) is 11.4. The highest BCUT2D eigenvalue weighted by molar-refractivity contribution is 6.99. The summed E-state index contributed by atoms with van der Waals surface area (Å²) in [6.07, 6.45) is 0. The predicted octanol–water partition coefficient (Wildman–Crippen LogP) is 6.68. The molecule has 2 nitrogen and oxygen atoms in total. The van der Waals surface area contributed by atoms with E-state index in [1.807, 2.05) is 0 Å². The Bertz CT molecular complexity index is 1890. The third kappa shape index (κ3) is 2.83. The predicted molar refractivity (Wildman–Crippen MR) is 156 cm³/mol. The molecule has 2 aliphatic heterocycles. The van der Waals surface area contributed by atoms with Crippen LogP contribution in [0.5, 0.6) is 11.5 Å². The molecular weight excluding hydrogens is 449 g/mol. The Labute approximate surface area is 217 Å². The van der Waals surface area contributed by atoms with E-state index in [1.54, 1.807) is 0 Å². The smallest absolute Gasteiger partial charge is 0.256 e. The summed E-state index contributed by atoms with van der Waals surface area (Å²) in [5.41, 5.74) is 11.3. The Balaban J connectivity index is 1.52. The van der Waals surface area contributed by atoms with Crippen LogP contribution in [0.2, 0.25) is 0 Å². The van der Waals surface area contributed by atoms with E-state index in [9.17, 15) is 0 Å². The van der Waals surface area contributed by atoms with E-state index in [-0.39, 0.29) is 12.1 Å². The first-order chi connectivity index (χ1) is 18.0. The number of nitrogens with zero attached hydrogens (tertiary/aromatic N) is 1. The summed E-state index contributed by atoms with van der Waals surface area (Å²) >= 11 is 0. The van der Waals surface area contributed by atoms with Gasteiger partial charge in [-0.25, -0.2) is 0 Å². The largest absolute Gasteiger partial charge is 0.458 e. The Hall–Kier alpha value is -4.24. The first-order valence-electron chi connectivity index (χ1n) is 13.1. The molecule has 3 heterocycles. The lowest BCUT2D eigenvalue weighted by molar-refractivity contribution is 0.483. The van der Waals surface area contributed by atoms with Crippen molar-refractivity contribution in [2.24, 2.45) is 0 Å². The van der Waals surface area contributed by atoms with Crippen LogP contribution in [0.4, 0.5) is 0 Å². The van der Waals surface area contributed by atoms with Crippen molar-refractivity contribution >= 4 is 44.9 Å². The van der Waals surface area contributed by atoms with Crippen molar-refractivity contribution in [1.82, 2.24) is 4.57 Å². The van der Waals surface area contributed by atoms with E-state index >= 15 is 0 Å². The van der Waals surface area contributed by atoms with E-state index < -0.39 is 0 Å². The first-order valence-corrected chi connectivity index (χ1v) is 13.1. The molecule has 2 aliphatic rings. The zero-order chi connectivity index (χ0) is 24.9. The van der Waals surface area contributed by atoms with Crippen LogP contribution < -0.4 is 21.1 Å². The molecule has 5 aromatic carbocycles. The molecule has 0 amide bonds. The Morgan fingerprint density at radius 2 is 1.43 bits per heavy atom. The minimum atomic E-state index is 0.0503. The number of para-hydroxylation sites is 2. The Morgan fingerprint density at radius 3 is 2.27 bits per heavy atom. The maximum Gasteiger partial charge on any atom is 0.256 e. The highest BCUT2D eigenvalue weighted by Crippen LogP contribution is 2.40. The topological polar surface area (TPSA) is 14.2 Å². The standard InChI is InChI=1S/C34H26BNO/c1-34(2,3)23-16-17-26-30(20-23)37-31-19-22(21-10-5-4-6-11-21)18-29-32(31)35(26)27-14-9-13-25-24-12-7-8-15-28(24)36(29)33(25)27/h4-20H,1-3H3. The van der Waals surface area contributed by atoms with Crippen molar-refractivity contribution in [2.45, 2.75) is 26.2 Å². The van der Waals surface area contributed by atoms with E-state index in [0.717, 1.165) is 11.5 Å². The van der Waals surface area contributed by atoms with Crippen molar-refractivity contribution in [2.75, 3.05) is 0 Å². The quantitative estimate of drug-likeness (QED) is 0.242. The molecule has 0 fully saturated rings. The molecule has 0 radical (unpaired) electrons. The van der Waals surface area contributed by atoms with Gasteiger partial charge in [-0.15, -0.1) is 0 Å². The van der Waals surface area contributed by atoms with Gasteiger partial charge in [0, 0.05) is 22.0 Å². The molecule has 0 saturated carbocycles. The average Bonchev–Trinajstić information content (AvgIpc) is 3.26. The number of fused-ring (bicyclic) bond motifs is 7. The molecule has 1 aromatic heterocycles. The first kappa shape index (κ1) is 20.9. The molecule has 176 valence electrons. The van der Waals surface area contributed by atoms with Crippen LogP contribution in [-0.4, -0.2) is 11.3 Å². The summed E-state index contributed by atoms with van der Waals surface area (Å²) in [6.45, 7) is 6.91. The number of benzene rings is 5. The summed E-state index contributed by atoms with van der Waals surface area (Å²) < 4.78 is 9.28. The van der Waals surface area contributed by atoms with Crippen molar-refractivity contribution in [1.29, 1.82) is 0 Å². The normalized spacial score (nSPS) is 13.4.